The predicted molar refractivity (Wildman–Crippen MR) is 91.3 cm³/mol. The molecule has 0 fully saturated rings. The van der Waals surface area contributed by atoms with Crippen LogP contribution in [-0.2, 0) is 14.4 Å². The molecule has 1 atom stereocenters. The van der Waals surface area contributed by atoms with Crippen LogP contribution in [0.3, 0.4) is 0 Å². The molecule has 126 valence electrons. The fourth-order valence-corrected chi connectivity index (χ4v) is 2.06. The number of nitrogens with zero attached hydrogens (tertiary/aromatic N) is 1. The molecule has 0 bridgehead atoms. The predicted octanol–water partition coefficient (Wildman–Crippen LogP) is 2.30. The molecule has 0 saturated heterocycles. The number of amides is 3. The molecule has 0 aliphatic heterocycles. The zero-order chi connectivity index (χ0) is 17.4. The van der Waals surface area contributed by atoms with E-state index in [0.717, 1.165) is 6.42 Å². The van der Waals surface area contributed by atoms with Crippen LogP contribution in [0.4, 0.5) is 11.4 Å². The van der Waals surface area contributed by atoms with E-state index in [9.17, 15) is 14.4 Å². The highest BCUT2D eigenvalue weighted by Crippen LogP contribution is 2.18. The minimum Gasteiger partial charge on any atom is -0.354 e. The number of hydrogen-bond acceptors (Lipinski definition) is 3. The van der Waals surface area contributed by atoms with Gasteiger partial charge in [0, 0.05) is 44.2 Å². The molecular formula is C17H25N3O3. The highest BCUT2D eigenvalue weighted by atomic mass is 16.2. The van der Waals surface area contributed by atoms with Gasteiger partial charge in [-0.05, 0) is 37.6 Å². The van der Waals surface area contributed by atoms with Gasteiger partial charge in [-0.25, -0.2) is 0 Å². The smallest absolute Gasteiger partial charge is 0.223 e. The molecule has 1 unspecified atom stereocenters. The lowest BCUT2D eigenvalue weighted by molar-refractivity contribution is -0.121. The van der Waals surface area contributed by atoms with Crippen molar-refractivity contribution in [2.24, 2.45) is 0 Å². The third kappa shape index (κ3) is 6.50. The Morgan fingerprint density at radius 3 is 2.22 bits per heavy atom. The first kappa shape index (κ1) is 18.7. The number of hydrogen-bond donors (Lipinski definition) is 2. The van der Waals surface area contributed by atoms with Gasteiger partial charge in [-0.15, -0.1) is 0 Å². The number of rotatable bonds is 7. The molecule has 6 nitrogen and oxygen atoms in total. The van der Waals surface area contributed by atoms with E-state index in [4.69, 9.17) is 0 Å². The van der Waals surface area contributed by atoms with E-state index in [1.54, 1.807) is 29.2 Å². The van der Waals surface area contributed by atoms with E-state index < -0.39 is 0 Å². The Morgan fingerprint density at radius 2 is 1.74 bits per heavy atom. The molecule has 2 N–H and O–H groups in total. The second-order valence-electron chi connectivity index (χ2n) is 5.53. The summed E-state index contributed by atoms with van der Waals surface area (Å²) >= 11 is 0. The zero-order valence-electron chi connectivity index (χ0n) is 14.2. The molecular weight excluding hydrogens is 294 g/mol. The quantitative estimate of drug-likeness (QED) is 0.809. The summed E-state index contributed by atoms with van der Waals surface area (Å²) in [4.78, 5) is 36.2. The summed E-state index contributed by atoms with van der Waals surface area (Å²) in [6, 6.07) is 7.08. The van der Waals surface area contributed by atoms with Crippen LogP contribution < -0.4 is 15.5 Å². The highest BCUT2D eigenvalue weighted by Gasteiger charge is 2.14. The summed E-state index contributed by atoms with van der Waals surface area (Å²) < 4.78 is 0. The van der Waals surface area contributed by atoms with Crippen LogP contribution in [-0.4, -0.2) is 30.3 Å². The zero-order valence-corrected chi connectivity index (χ0v) is 14.2. The van der Waals surface area contributed by atoms with Crippen molar-refractivity contribution in [1.29, 1.82) is 0 Å². The van der Waals surface area contributed by atoms with Crippen molar-refractivity contribution >= 4 is 29.1 Å². The maximum absolute atomic E-state index is 11.8. The van der Waals surface area contributed by atoms with E-state index in [1.807, 2.05) is 13.8 Å². The van der Waals surface area contributed by atoms with Gasteiger partial charge in [0.05, 0.1) is 0 Å². The van der Waals surface area contributed by atoms with Crippen molar-refractivity contribution in [2.45, 2.75) is 46.6 Å². The standard InChI is InChI=1S/C17H25N3O3/c1-5-12(2)18-17(23)10-11-20(14(4)22)16-8-6-15(7-9-16)19-13(3)21/h6-9,12H,5,10-11H2,1-4H3,(H,18,23)(H,19,21). The summed E-state index contributed by atoms with van der Waals surface area (Å²) in [7, 11) is 0. The maximum Gasteiger partial charge on any atom is 0.223 e. The molecule has 3 amide bonds. The van der Waals surface area contributed by atoms with Gasteiger partial charge in [-0.1, -0.05) is 6.92 Å². The van der Waals surface area contributed by atoms with Crippen molar-refractivity contribution < 1.29 is 14.4 Å². The molecule has 0 radical (unpaired) electrons. The number of nitrogens with one attached hydrogen (secondary N) is 2. The summed E-state index contributed by atoms with van der Waals surface area (Å²) in [6.45, 7) is 7.17. The van der Waals surface area contributed by atoms with E-state index in [-0.39, 0.29) is 30.2 Å². The fraction of sp³-hybridized carbons (Fsp3) is 0.471. The second kappa shape index (κ2) is 8.92. The highest BCUT2D eigenvalue weighted by molar-refractivity contribution is 5.93. The normalized spacial score (nSPS) is 11.5. The lowest BCUT2D eigenvalue weighted by Crippen LogP contribution is -2.36. The van der Waals surface area contributed by atoms with E-state index in [0.29, 0.717) is 17.9 Å². The van der Waals surface area contributed by atoms with Crippen LogP contribution in [0.1, 0.15) is 40.5 Å². The summed E-state index contributed by atoms with van der Waals surface area (Å²) in [5.74, 6) is -0.350. The third-order valence-electron chi connectivity index (χ3n) is 3.46. The van der Waals surface area contributed by atoms with Gasteiger partial charge < -0.3 is 15.5 Å². The topological polar surface area (TPSA) is 78.5 Å². The first-order valence-electron chi connectivity index (χ1n) is 7.78. The number of benzene rings is 1. The lowest BCUT2D eigenvalue weighted by atomic mass is 10.2. The molecule has 0 spiro atoms. The minimum absolute atomic E-state index is 0.0690. The molecule has 1 aromatic carbocycles. The second-order valence-corrected chi connectivity index (χ2v) is 5.53. The molecule has 1 aromatic rings. The first-order chi connectivity index (χ1) is 10.8. The lowest BCUT2D eigenvalue weighted by Gasteiger charge is -2.22. The number of anilines is 2. The average Bonchev–Trinajstić information content (AvgIpc) is 2.48. The molecule has 0 aliphatic carbocycles. The van der Waals surface area contributed by atoms with Crippen molar-refractivity contribution in [3.05, 3.63) is 24.3 Å². The van der Waals surface area contributed by atoms with Crippen LogP contribution in [0.25, 0.3) is 0 Å². The summed E-state index contributed by atoms with van der Waals surface area (Å²) in [6.07, 6.45) is 1.12. The van der Waals surface area contributed by atoms with Gasteiger partial charge in [0.2, 0.25) is 17.7 Å². The van der Waals surface area contributed by atoms with Crippen molar-refractivity contribution in [1.82, 2.24) is 5.32 Å². The van der Waals surface area contributed by atoms with Gasteiger partial charge in [0.1, 0.15) is 0 Å². The van der Waals surface area contributed by atoms with Crippen LogP contribution in [0, 0.1) is 0 Å². The maximum atomic E-state index is 11.8. The van der Waals surface area contributed by atoms with Crippen LogP contribution in [0.15, 0.2) is 24.3 Å². The Balaban J connectivity index is 2.69. The monoisotopic (exact) mass is 319 g/mol. The number of carbonyl (C=O) groups is 3. The van der Waals surface area contributed by atoms with E-state index in [1.165, 1.54) is 13.8 Å². The van der Waals surface area contributed by atoms with Gasteiger partial charge in [-0.2, -0.15) is 0 Å². The summed E-state index contributed by atoms with van der Waals surface area (Å²) in [5, 5.41) is 5.55. The van der Waals surface area contributed by atoms with Crippen molar-refractivity contribution in [2.75, 3.05) is 16.8 Å². The van der Waals surface area contributed by atoms with Gasteiger partial charge >= 0.3 is 0 Å². The Hall–Kier alpha value is -2.37. The fourth-order valence-electron chi connectivity index (χ4n) is 2.06. The van der Waals surface area contributed by atoms with E-state index in [2.05, 4.69) is 10.6 Å². The molecule has 1 rings (SSSR count). The molecule has 0 heterocycles. The summed E-state index contributed by atoms with van der Waals surface area (Å²) in [5.41, 5.74) is 1.36. The Bertz CT molecular complexity index is 555. The van der Waals surface area contributed by atoms with E-state index >= 15 is 0 Å². The van der Waals surface area contributed by atoms with Gasteiger partial charge in [-0.3, -0.25) is 14.4 Å². The van der Waals surface area contributed by atoms with Crippen LogP contribution in [0.5, 0.6) is 0 Å². The van der Waals surface area contributed by atoms with Crippen molar-refractivity contribution in [3.8, 4) is 0 Å². The first-order valence-corrected chi connectivity index (χ1v) is 7.78. The molecule has 0 aromatic heterocycles. The minimum atomic E-state index is -0.150. The Kier molecular flexibility index (Phi) is 7.25. The van der Waals surface area contributed by atoms with Gasteiger partial charge in [0.25, 0.3) is 0 Å². The van der Waals surface area contributed by atoms with Crippen LogP contribution in [0.2, 0.25) is 0 Å². The molecule has 0 saturated carbocycles. The largest absolute Gasteiger partial charge is 0.354 e. The Labute approximate surface area is 137 Å². The SMILES string of the molecule is CCC(C)NC(=O)CCN(C(C)=O)c1ccc(NC(C)=O)cc1. The average molecular weight is 319 g/mol. The molecule has 6 heteroatoms. The van der Waals surface area contributed by atoms with Crippen LogP contribution >= 0.6 is 0 Å². The molecule has 23 heavy (non-hydrogen) atoms. The van der Waals surface area contributed by atoms with Crippen molar-refractivity contribution in [3.63, 3.8) is 0 Å². The number of carbonyl (C=O) groups excluding carboxylic acids is 3. The molecule has 0 aliphatic rings. The Morgan fingerprint density at radius 1 is 1.13 bits per heavy atom. The van der Waals surface area contributed by atoms with Gasteiger partial charge in [0.15, 0.2) is 0 Å². The third-order valence-corrected chi connectivity index (χ3v) is 3.46.